The van der Waals surface area contributed by atoms with Crippen molar-refractivity contribution in [3.8, 4) is 0 Å². The van der Waals surface area contributed by atoms with Gasteiger partial charge in [-0.2, -0.15) is 0 Å². The highest BCUT2D eigenvalue weighted by Crippen LogP contribution is 2.17. The number of rotatable bonds is 3. The molecule has 0 aliphatic carbocycles. The Hall–Kier alpha value is -2.23. The molecule has 0 aliphatic heterocycles. The first-order chi connectivity index (χ1) is 8.74. The molecule has 0 fully saturated rings. The molecule has 0 atom stereocenters. The Labute approximate surface area is 105 Å². The second-order valence-corrected chi connectivity index (χ2v) is 3.74. The highest BCUT2D eigenvalue weighted by Gasteiger charge is 2.18. The average Bonchev–Trinajstić information content (AvgIpc) is 2.41. The number of halogens is 1. The van der Waals surface area contributed by atoms with E-state index in [1.807, 2.05) is 6.92 Å². The van der Waals surface area contributed by atoms with Crippen molar-refractivity contribution in [3.05, 3.63) is 60.2 Å². The van der Waals surface area contributed by atoms with Gasteiger partial charge in [0.25, 0.3) is 5.91 Å². The Kier molecular flexibility index (Phi) is 3.67. The molecule has 18 heavy (non-hydrogen) atoms. The number of amides is 1. The summed E-state index contributed by atoms with van der Waals surface area (Å²) in [4.78, 5) is 17.7. The number of nitrogens with zero attached hydrogens (tertiary/aromatic N) is 2. The van der Waals surface area contributed by atoms with Crippen molar-refractivity contribution in [2.45, 2.75) is 6.92 Å². The van der Waals surface area contributed by atoms with Crippen LogP contribution in [0.15, 0.2) is 48.8 Å². The van der Waals surface area contributed by atoms with Crippen LogP contribution in [0.2, 0.25) is 0 Å². The zero-order valence-electron chi connectivity index (χ0n) is 10.0. The smallest absolute Gasteiger partial charge is 0.261 e. The van der Waals surface area contributed by atoms with Gasteiger partial charge in [-0.3, -0.25) is 9.78 Å². The van der Waals surface area contributed by atoms with Crippen LogP contribution in [0.4, 0.5) is 10.1 Å². The van der Waals surface area contributed by atoms with Gasteiger partial charge in [0.05, 0.1) is 17.4 Å². The normalized spacial score (nSPS) is 10.1. The minimum atomic E-state index is -0.509. The van der Waals surface area contributed by atoms with Crippen LogP contribution in [0.1, 0.15) is 17.3 Å². The van der Waals surface area contributed by atoms with Crippen LogP contribution in [0.5, 0.6) is 0 Å². The Morgan fingerprint density at radius 1 is 1.28 bits per heavy atom. The van der Waals surface area contributed by atoms with Crippen LogP contribution in [0.25, 0.3) is 0 Å². The molecule has 1 heterocycles. The standard InChI is InChI=1S/C14H13FN2O/c1-2-17(11-6-5-9-16-10-11)14(18)12-7-3-4-8-13(12)15/h3-10H,2H2,1H3. The summed E-state index contributed by atoms with van der Waals surface area (Å²) in [7, 11) is 0. The Morgan fingerprint density at radius 3 is 2.67 bits per heavy atom. The van der Waals surface area contributed by atoms with E-state index in [4.69, 9.17) is 0 Å². The fraction of sp³-hybridized carbons (Fsp3) is 0.143. The molecule has 2 rings (SSSR count). The van der Waals surface area contributed by atoms with Crippen LogP contribution in [0, 0.1) is 5.82 Å². The molecular formula is C14H13FN2O. The van der Waals surface area contributed by atoms with Gasteiger partial charge in [0, 0.05) is 12.7 Å². The molecule has 0 bridgehead atoms. The fourth-order valence-corrected chi connectivity index (χ4v) is 1.74. The molecule has 92 valence electrons. The number of carbonyl (C=O) groups excluding carboxylic acids is 1. The second kappa shape index (κ2) is 5.40. The van der Waals surface area contributed by atoms with Crippen molar-refractivity contribution in [2.75, 3.05) is 11.4 Å². The first kappa shape index (κ1) is 12.2. The molecule has 1 aromatic heterocycles. The summed E-state index contributed by atoms with van der Waals surface area (Å²) in [6.45, 7) is 2.30. The number of hydrogen-bond donors (Lipinski definition) is 0. The third-order valence-electron chi connectivity index (χ3n) is 2.62. The first-order valence-corrected chi connectivity index (χ1v) is 5.70. The number of aromatic nitrogens is 1. The summed E-state index contributed by atoms with van der Waals surface area (Å²) in [5, 5.41) is 0. The van der Waals surface area contributed by atoms with E-state index in [-0.39, 0.29) is 11.5 Å². The molecule has 0 unspecified atom stereocenters. The highest BCUT2D eigenvalue weighted by atomic mass is 19.1. The summed E-state index contributed by atoms with van der Waals surface area (Å²) in [5.74, 6) is -0.867. The maximum Gasteiger partial charge on any atom is 0.261 e. The molecule has 4 heteroatoms. The van der Waals surface area contributed by atoms with Gasteiger partial charge in [-0.1, -0.05) is 12.1 Å². The van der Waals surface area contributed by atoms with Gasteiger partial charge in [0.15, 0.2) is 0 Å². The molecule has 0 saturated heterocycles. The number of carbonyl (C=O) groups is 1. The van der Waals surface area contributed by atoms with Crippen molar-refractivity contribution >= 4 is 11.6 Å². The lowest BCUT2D eigenvalue weighted by molar-refractivity contribution is 0.0984. The number of hydrogen-bond acceptors (Lipinski definition) is 2. The quantitative estimate of drug-likeness (QED) is 0.831. The van der Waals surface area contributed by atoms with Crippen molar-refractivity contribution in [3.63, 3.8) is 0 Å². The zero-order chi connectivity index (χ0) is 13.0. The molecule has 1 aromatic carbocycles. The summed E-state index contributed by atoms with van der Waals surface area (Å²) in [5.41, 5.74) is 0.733. The number of pyridine rings is 1. The van der Waals surface area contributed by atoms with Gasteiger partial charge in [-0.25, -0.2) is 4.39 Å². The summed E-state index contributed by atoms with van der Waals surface area (Å²) < 4.78 is 13.6. The lowest BCUT2D eigenvalue weighted by atomic mass is 10.1. The van der Waals surface area contributed by atoms with Crippen molar-refractivity contribution < 1.29 is 9.18 Å². The SMILES string of the molecule is CCN(C(=O)c1ccccc1F)c1cccnc1. The molecule has 0 N–H and O–H groups in total. The molecule has 1 amide bonds. The lowest BCUT2D eigenvalue weighted by Crippen LogP contribution is -2.31. The Morgan fingerprint density at radius 2 is 2.06 bits per heavy atom. The van der Waals surface area contributed by atoms with E-state index in [2.05, 4.69) is 4.98 Å². The average molecular weight is 244 g/mol. The predicted octanol–water partition coefficient (Wildman–Crippen LogP) is 2.89. The van der Waals surface area contributed by atoms with Crippen LogP contribution < -0.4 is 4.90 Å². The second-order valence-electron chi connectivity index (χ2n) is 3.74. The summed E-state index contributed by atoms with van der Waals surface area (Å²) in [6.07, 6.45) is 3.22. The maximum absolute atomic E-state index is 13.6. The Bertz CT molecular complexity index is 543. The molecule has 3 nitrogen and oxygen atoms in total. The molecule has 2 aromatic rings. The van der Waals surface area contributed by atoms with E-state index < -0.39 is 5.82 Å². The third kappa shape index (κ3) is 2.37. The first-order valence-electron chi connectivity index (χ1n) is 5.70. The third-order valence-corrected chi connectivity index (χ3v) is 2.62. The number of anilines is 1. The summed E-state index contributed by atoms with van der Waals surface area (Å²) >= 11 is 0. The minimum absolute atomic E-state index is 0.0724. The van der Waals surface area contributed by atoms with Gasteiger partial charge in [0.1, 0.15) is 5.82 Å². The van der Waals surface area contributed by atoms with E-state index in [0.717, 1.165) is 0 Å². The van der Waals surface area contributed by atoms with Crippen LogP contribution in [-0.2, 0) is 0 Å². The van der Waals surface area contributed by atoms with Crippen molar-refractivity contribution in [2.24, 2.45) is 0 Å². The van der Waals surface area contributed by atoms with E-state index in [0.29, 0.717) is 12.2 Å². The van der Waals surface area contributed by atoms with Gasteiger partial charge in [0.2, 0.25) is 0 Å². The van der Waals surface area contributed by atoms with Gasteiger partial charge < -0.3 is 4.90 Å². The van der Waals surface area contributed by atoms with E-state index in [9.17, 15) is 9.18 Å². The summed E-state index contributed by atoms with van der Waals surface area (Å²) in [6, 6.07) is 9.49. The molecular weight excluding hydrogens is 231 g/mol. The van der Waals surface area contributed by atoms with E-state index in [1.54, 1.807) is 36.7 Å². The van der Waals surface area contributed by atoms with Crippen LogP contribution in [0.3, 0.4) is 0 Å². The van der Waals surface area contributed by atoms with Crippen molar-refractivity contribution in [1.29, 1.82) is 0 Å². The van der Waals surface area contributed by atoms with Crippen molar-refractivity contribution in [1.82, 2.24) is 4.98 Å². The minimum Gasteiger partial charge on any atom is -0.307 e. The largest absolute Gasteiger partial charge is 0.307 e. The molecule has 0 spiro atoms. The predicted molar refractivity (Wildman–Crippen MR) is 68.0 cm³/mol. The monoisotopic (exact) mass is 244 g/mol. The van der Waals surface area contributed by atoms with Crippen LogP contribution in [-0.4, -0.2) is 17.4 Å². The lowest BCUT2D eigenvalue weighted by Gasteiger charge is -2.20. The highest BCUT2D eigenvalue weighted by molar-refractivity contribution is 6.06. The van der Waals surface area contributed by atoms with Gasteiger partial charge >= 0.3 is 0 Å². The fourth-order valence-electron chi connectivity index (χ4n) is 1.74. The molecule has 0 saturated carbocycles. The number of benzene rings is 1. The molecule has 0 aliphatic rings. The zero-order valence-corrected chi connectivity index (χ0v) is 10.0. The Balaban J connectivity index is 2.35. The molecule has 0 radical (unpaired) electrons. The maximum atomic E-state index is 13.6. The van der Waals surface area contributed by atoms with Gasteiger partial charge in [-0.05, 0) is 31.2 Å². The topological polar surface area (TPSA) is 33.2 Å². The van der Waals surface area contributed by atoms with Crippen LogP contribution >= 0.6 is 0 Å². The van der Waals surface area contributed by atoms with E-state index >= 15 is 0 Å². The van der Waals surface area contributed by atoms with E-state index in [1.165, 1.54) is 17.0 Å². The van der Waals surface area contributed by atoms with Gasteiger partial charge in [-0.15, -0.1) is 0 Å².